The molecule has 7 nitrogen and oxygen atoms in total. The van der Waals surface area contributed by atoms with Crippen LogP contribution in [0.2, 0.25) is 0 Å². The van der Waals surface area contributed by atoms with E-state index in [0.717, 1.165) is 11.3 Å². The molecule has 2 N–H and O–H groups in total. The average Bonchev–Trinajstić information content (AvgIpc) is 3.03. The van der Waals surface area contributed by atoms with E-state index in [1.807, 2.05) is 6.07 Å². The number of H-pyrrole nitrogens is 2. The maximum Gasteiger partial charge on any atom is 0.198 e. The summed E-state index contributed by atoms with van der Waals surface area (Å²) in [5.41, 5.74) is 2.83. The van der Waals surface area contributed by atoms with E-state index in [2.05, 4.69) is 41.9 Å². The second-order valence-electron chi connectivity index (χ2n) is 3.05. The smallest absolute Gasteiger partial charge is 0.198 e. The van der Waals surface area contributed by atoms with E-state index in [-0.39, 0.29) is 0 Å². The molecule has 3 aromatic heterocycles. The van der Waals surface area contributed by atoms with Crippen LogP contribution in [0.4, 0.5) is 0 Å². The summed E-state index contributed by atoms with van der Waals surface area (Å²) in [5.74, 6) is 0. The monoisotopic (exact) mass is 212 g/mol. The fraction of sp³-hybridized carbons (Fsp3) is 0. The zero-order valence-electron chi connectivity index (χ0n) is 8.05. The van der Waals surface area contributed by atoms with Crippen molar-refractivity contribution in [1.82, 2.24) is 35.6 Å². The van der Waals surface area contributed by atoms with Crippen LogP contribution in [0.1, 0.15) is 0 Å². The van der Waals surface area contributed by atoms with Crippen LogP contribution in [0.5, 0.6) is 0 Å². The number of rotatable bonds is 2. The Bertz CT molecular complexity index is 516. The fourth-order valence-electron chi connectivity index (χ4n) is 1.40. The van der Waals surface area contributed by atoms with Crippen molar-refractivity contribution in [3.8, 4) is 22.6 Å². The molecule has 0 aliphatic carbocycles. The number of aromatic amines is 2. The molecule has 3 rings (SSSR count). The van der Waals surface area contributed by atoms with Crippen molar-refractivity contribution in [3.05, 3.63) is 31.0 Å². The highest BCUT2D eigenvalue weighted by atomic mass is 15.3. The van der Waals surface area contributed by atoms with Gasteiger partial charge in [-0.1, -0.05) is 5.21 Å². The SMILES string of the molecule is [c]1ncc(-c2cc[nH]n2)c(-c2c[nH]nn2)n1. The first-order valence-electron chi connectivity index (χ1n) is 4.55. The first-order chi connectivity index (χ1) is 7.95. The van der Waals surface area contributed by atoms with Gasteiger partial charge in [-0.2, -0.15) is 5.10 Å². The predicted octanol–water partition coefficient (Wildman–Crippen LogP) is 0.452. The van der Waals surface area contributed by atoms with Crippen molar-refractivity contribution in [3.63, 3.8) is 0 Å². The Labute approximate surface area is 90.0 Å². The van der Waals surface area contributed by atoms with Gasteiger partial charge >= 0.3 is 0 Å². The lowest BCUT2D eigenvalue weighted by Crippen LogP contribution is -1.91. The molecule has 0 spiro atoms. The molecule has 0 fully saturated rings. The molecule has 0 atom stereocenters. The maximum absolute atomic E-state index is 4.08. The van der Waals surface area contributed by atoms with Gasteiger partial charge in [0.15, 0.2) is 6.33 Å². The van der Waals surface area contributed by atoms with Crippen molar-refractivity contribution in [1.29, 1.82) is 0 Å². The second-order valence-corrected chi connectivity index (χ2v) is 3.05. The highest BCUT2D eigenvalue weighted by molar-refractivity contribution is 5.75. The van der Waals surface area contributed by atoms with Gasteiger partial charge in [-0.25, -0.2) is 9.97 Å². The first kappa shape index (κ1) is 8.72. The molecule has 3 heterocycles. The quantitative estimate of drug-likeness (QED) is 0.643. The van der Waals surface area contributed by atoms with Crippen molar-refractivity contribution in [2.45, 2.75) is 0 Å². The average molecular weight is 212 g/mol. The van der Waals surface area contributed by atoms with E-state index < -0.39 is 0 Å². The number of hydrogen-bond acceptors (Lipinski definition) is 5. The third kappa shape index (κ3) is 1.34. The van der Waals surface area contributed by atoms with Gasteiger partial charge in [0, 0.05) is 18.0 Å². The van der Waals surface area contributed by atoms with Crippen LogP contribution >= 0.6 is 0 Å². The Morgan fingerprint density at radius 3 is 2.94 bits per heavy atom. The van der Waals surface area contributed by atoms with E-state index in [1.165, 1.54) is 0 Å². The molecule has 16 heavy (non-hydrogen) atoms. The molecule has 0 amide bonds. The molecule has 0 bridgehead atoms. The van der Waals surface area contributed by atoms with Gasteiger partial charge in [0.2, 0.25) is 0 Å². The van der Waals surface area contributed by atoms with E-state index in [0.29, 0.717) is 11.4 Å². The Morgan fingerprint density at radius 2 is 2.19 bits per heavy atom. The Kier molecular flexibility index (Phi) is 1.93. The van der Waals surface area contributed by atoms with E-state index in [9.17, 15) is 0 Å². The minimum absolute atomic E-state index is 0.636. The Hall–Kier alpha value is -2.57. The van der Waals surface area contributed by atoms with Crippen LogP contribution in [-0.2, 0) is 0 Å². The number of nitrogens with one attached hydrogen (secondary N) is 2. The van der Waals surface area contributed by atoms with Crippen LogP contribution in [0, 0.1) is 6.33 Å². The van der Waals surface area contributed by atoms with E-state index >= 15 is 0 Å². The molecule has 0 aliphatic heterocycles. The lowest BCUT2D eigenvalue weighted by atomic mass is 10.1. The van der Waals surface area contributed by atoms with Crippen molar-refractivity contribution >= 4 is 0 Å². The summed E-state index contributed by atoms with van der Waals surface area (Å²) in [6.45, 7) is 0. The third-order valence-electron chi connectivity index (χ3n) is 2.10. The van der Waals surface area contributed by atoms with Gasteiger partial charge in [0.1, 0.15) is 11.4 Å². The summed E-state index contributed by atoms with van der Waals surface area (Å²) in [5, 5.41) is 17.0. The summed E-state index contributed by atoms with van der Waals surface area (Å²) in [6, 6.07) is 1.84. The maximum atomic E-state index is 4.08. The van der Waals surface area contributed by atoms with Crippen LogP contribution in [0.3, 0.4) is 0 Å². The molecule has 0 saturated carbocycles. The molecule has 0 aromatic carbocycles. The molecular formula is C9H6N7. The van der Waals surface area contributed by atoms with Crippen LogP contribution in [0.25, 0.3) is 22.6 Å². The lowest BCUT2D eigenvalue weighted by molar-refractivity contribution is 0.940. The van der Waals surface area contributed by atoms with E-state index in [1.54, 1.807) is 18.6 Å². The van der Waals surface area contributed by atoms with Crippen molar-refractivity contribution in [2.75, 3.05) is 0 Å². The van der Waals surface area contributed by atoms with Crippen molar-refractivity contribution < 1.29 is 0 Å². The van der Waals surface area contributed by atoms with Crippen LogP contribution in [-0.4, -0.2) is 35.6 Å². The molecule has 3 aromatic rings. The molecule has 0 unspecified atom stereocenters. The molecule has 7 heteroatoms. The Morgan fingerprint density at radius 1 is 1.19 bits per heavy atom. The zero-order valence-corrected chi connectivity index (χ0v) is 8.05. The summed E-state index contributed by atoms with van der Waals surface area (Å²) in [4.78, 5) is 7.93. The predicted molar refractivity (Wildman–Crippen MR) is 53.8 cm³/mol. The molecule has 1 radical (unpaired) electrons. The highest BCUT2D eigenvalue weighted by Gasteiger charge is 2.12. The number of aromatic nitrogens is 7. The molecular weight excluding hydrogens is 206 g/mol. The second kappa shape index (κ2) is 3.54. The lowest BCUT2D eigenvalue weighted by Gasteiger charge is -2.00. The standard InChI is InChI=1S/C9H6N7/c1-2-12-14-7(1)6-3-10-5-11-9(6)8-4-13-16-15-8/h1-4H,(H,12,14)(H,13,15,16). The minimum atomic E-state index is 0.636. The molecule has 0 saturated heterocycles. The summed E-state index contributed by atoms with van der Waals surface area (Å²) in [7, 11) is 0. The summed E-state index contributed by atoms with van der Waals surface area (Å²) in [6.07, 6.45) is 7.57. The normalized spacial score (nSPS) is 10.5. The molecule has 0 aliphatic rings. The van der Waals surface area contributed by atoms with Gasteiger partial charge in [0.05, 0.1) is 11.9 Å². The fourth-order valence-corrected chi connectivity index (χ4v) is 1.40. The highest BCUT2D eigenvalue weighted by Crippen LogP contribution is 2.25. The number of nitrogens with zero attached hydrogens (tertiary/aromatic N) is 5. The largest absolute Gasteiger partial charge is 0.285 e. The first-order valence-corrected chi connectivity index (χ1v) is 4.55. The summed E-state index contributed by atoms with van der Waals surface area (Å²) >= 11 is 0. The van der Waals surface area contributed by atoms with Gasteiger partial charge in [0.25, 0.3) is 0 Å². The molecule has 77 valence electrons. The van der Waals surface area contributed by atoms with Crippen LogP contribution in [0.15, 0.2) is 24.7 Å². The van der Waals surface area contributed by atoms with Gasteiger partial charge in [-0.05, 0) is 6.07 Å². The number of hydrogen-bond donors (Lipinski definition) is 2. The van der Waals surface area contributed by atoms with Gasteiger partial charge < -0.3 is 0 Å². The minimum Gasteiger partial charge on any atom is -0.285 e. The van der Waals surface area contributed by atoms with Crippen molar-refractivity contribution in [2.24, 2.45) is 0 Å². The zero-order chi connectivity index (χ0) is 10.8. The van der Waals surface area contributed by atoms with Gasteiger partial charge in [-0.3, -0.25) is 10.2 Å². The van der Waals surface area contributed by atoms with Crippen LogP contribution < -0.4 is 0 Å². The Balaban J connectivity index is 2.19. The van der Waals surface area contributed by atoms with E-state index in [4.69, 9.17) is 0 Å². The topological polar surface area (TPSA) is 96.0 Å². The third-order valence-corrected chi connectivity index (χ3v) is 2.10. The van der Waals surface area contributed by atoms with Gasteiger partial charge in [-0.15, -0.1) is 5.10 Å². The summed E-state index contributed by atoms with van der Waals surface area (Å²) < 4.78 is 0.